The van der Waals surface area contributed by atoms with Gasteiger partial charge in [-0.2, -0.15) is 0 Å². The molecule has 0 radical (unpaired) electrons. The molecule has 0 aromatic heterocycles. The van der Waals surface area contributed by atoms with Gasteiger partial charge in [0, 0.05) is 12.3 Å². The molecular weight excluding hydrogens is 224 g/mol. The van der Waals surface area contributed by atoms with Crippen LogP contribution in [0.3, 0.4) is 0 Å². The van der Waals surface area contributed by atoms with Crippen LogP contribution in [0.1, 0.15) is 48.8 Å². The quantitative estimate of drug-likeness (QED) is 0.879. The zero-order valence-electron chi connectivity index (χ0n) is 11.3. The number of Topliss-reactive ketones (excluding diaryl/α,β-unsaturated/α-hetero) is 1. The maximum Gasteiger partial charge on any atom is 0.136 e. The summed E-state index contributed by atoms with van der Waals surface area (Å²) in [5.74, 6) is 1.10. The highest BCUT2D eigenvalue weighted by Gasteiger charge is 2.22. The monoisotopic (exact) mass is 246 g/mol. The third kappa shape index (κ3) is 2.92. The van der Waals surface area contributed by atoms with Gasteiger partial charge >= 0.3 is 0 Å². The van der Waals surface area contributed by atoms with E-state index in [-0.39, 0.29) is 0 Å². The molecule has 1 aromatic carbocycles. The molecule has 0 heterocycles. The van der Waals surface area contributed by atoms with Crippen LogP contribution in [0.25, 0.3) is 0 Å². The van der Waals surface area contributed by atoms with E-state index >= 15 is 0 Å². The summed E-state index contributed by atoms with van der Waals surface area (Å²) in [5, 5.41) is 9.61. The van der Waals surface area contributed by atoms with Gasteiger partial charge in [-0.25, -0.2) is 0 Å². The first-order valence-corrected chi connectivity index (χ1v) is 6.89. The number of hydrogen-bond acceptors (Lipinski definition) is 2. The fraction of sp³-hybridized carbons (Fsp3) is 0.562. The van der Waals surface area contributed by atoms with Crippen LogP contribution < -0.4 is 0 Å². The second kappa shape index (κ2) is 5.55. The summed E-state index contributed by atoms with van der Waals surface area (Å²) >= 11 is 0. The molecule has 0 aliphatic heterocycles. The summed E-state index contributed by atoms with van der Waals surface area (Å²) in [7, 11) is 0. The fourth-order valence-electron chi connectivity index (χ4n) is 2.84. The number of phenols is 1. The number of carbonyl (C=O) groups is 1. The third-order valence-electron chi connectivity index (χ3n) is 4.11. The molecule has 0 unspecified atom stereocenters. The Morgan fingerprint density at radius 1 is 1.22 bits per heavy atom. The highest BCUT2D eigenvalue weighted by Crippen LogP contribution is 2.28. The Labute approximate surface area is 109 Å². The minimum absolute atomic E-state index is 0.323. The summed E-state index contributed by atoms with van der Waals surface area (Å²) in [6.07, 6.45) is 6.07. The van der Waals surface area contributed by atoms with Crippen LogP contribution in [0.2, 0.25) is 0 Å². The molecule has 1 N–H and O–H groups in total. The molecule has 1 fully saturated rings. The van der Waals surface area contributed by atoms with Gasteiger partial charge in [-0.15, -0.1) is 0 Å². The minimum Gasteiger partial charge on any atom is -0.508 e. The number of aryl methyl sites for hydroxylation is 3. The van der Waals surface area contributed by atoms with Crippen LogP contribution in [-0.2, 0) is 11.2 Å². The zero-order chi connectivity index (χ0) is 13.1. The molecule has 2 heteroatoms. The average Bonchev–Trinajstić information content (AvgIpc) is 2.85. The summed E-state index contributed by atoms with van der Waals surface area (Å²) in [4.78, 5) is 12.0. The molecule has 98 valence electrons. The minimum atomic E-state index is 0.323. The number of hydrogen-bond donors (Lipinski definition) is 1. The van der Waals surface area contributed by atoms with E-state index in [9.17, 15) is 9.90 Å². The van der Waals surface area contributed by atoms with Crippen molar-refractivity contribution in [2.75, 3.05) is 0 Å². The van der Waals surface area contributed by atoms with Gasteiger partial charge in [0.15, 0.2) is 0 Å². The summed E-state index contributed by atoms with van der Waals surface area (Å²) in [6, 6.07) is 3.80. The van der Waals surface area contributed by atoms with E-state index in [1.165, 1.54) is 18.4 Å². The molecule has 0 spiro atoms. The first-order valence-electron chi connectivity index (χ1n) is 6.89. The van der Waals surface area contributed by atoms with Crippen molar-refractivity contribution < 1.29 is 9.90 Å². The van der Waals surface area contributed by atoms with Crippen molar-refractivity contribution in [2.24, 2.45) is 5.92 Å². The lowest BCUT2D eigenvalue weighted by molar-refractivity contribution is -0.122. The van der Waals surface area contributed by atoms with E-state index in [1.807, 2.05) is 19.9 Å². The molecular formula is C16H22O2. The smallest absolute Gasteiger partial charge is 0.136 e. The van der Waals surface area contributed by atoms with E-state index in [2.05, 4.69) is 0 Å². The van der Waals surface area contributed by atoms with Crippen LogP contribution >= 0.6 is 0 Å². The lowest BCUT2D eigenvalue weighted by Crippen LogP contribution is -2.11. The maximum absolute atomic E-state index is 12.0. The van der Waals surface area contributed by atoms with Crippen LogP contribution in [0.5, 0.6) is 5.75 Å². The van der Waals surface area contributed by atoms with Crippen LogP contribution in [-0.4, -0.2) is 10.9 Å². The largest absolute Gasteiger partial charge is 0.508 e. The van der Waals surface area contributed by atoms with Crippen LogP contribution in [0.15, 0.2) is 12.1 Å². The number of phenolic OH excluding ortho intramolecular Hbond substituents is 1. The Bertz CT molecular complexity index is 443. The van der Waals surface area contributed by atoms with Gasteiger partial charge in [-0.05, 0) is 55.9 Å². The number of benzene rings is 1. The molecule has 0 amide bonds. The Morgan fingerprint density at radius 2 is 1.89 bits per heavy atom. The van der Waals surface area contributed by atoms with Gasteiger partial charge in [0.25, 0.3) is 0 Å². The molecule has 2 nitrogen and oxygen atoms in total. The topological polar surface area (TPSA) is 37.3 Å². The highest BCUT2D eigenvalue weighted by atomic mass is 16.3. The van der Waals surface area contributed by atoms with Crippen molar-refractivity contribution in [2.45, 2.75) is 52.4 Å². The van der Waals surface area contributed by atoms with Gasteiger partial charge in [-0.3, -0.25) is 4.79 Å². The van der Waals surface area contributed by atoms with E-state index in [1.54, 1.807) is 6.07 Å². The van der Waals surface area contributed by atoms with Crippen LogP contribution in [0, 0.1) is 19.8 Å². The molecule has 1 aliphatic carbocycles. The van der Waals surface area contributed by atoms with Crippen molar-refractivity contribution in [3.05, 3.63) is 28.8 Å². The van der Waals surface area contributed by atoms with E-state index < -0.39 is 0 Å². The number of carbonyl (C=O) groups excluding carboxylic acids is 1. The third-order valence-corrected chi connectivity index (χ3v) is 4.11. The summed E-state index contributed by atoms with van der Waals surface area (Å²) in [6.45, 7) is 3.89. The Kier molecular flexibility index (Phi) is 4.05. The lowest BCUT2D eigenvalue weighted by atomic mass is 9.94. The SMILES string of the molecule is Cc1cc(CCC(=O)C2CCCC2)c(C)cc1O. The number of ketones is 1. The number of rotatable bonds is 4. The molecule has 0 atom stereocenters. The Hall–Kier alpha value is -1.31. The van der Waals surface area contributed by atoms with Gasteiger partial charge < -0.3 is 5.11 Å². The van der Waals surface area contributed by atoms with E-state index in [4.69, 9.17) is 0 Å². The molecule has 18 heavy (non-hydrogen) atoms. The second-order valence-corrected chi connectivity index (χ2v) is 5.51. The lowest BCUT2D eigenvalue weighted by Gasteiger charge is -2.11. The average molecular weight is 246 g/mol. The van der Waals surface area contributed by atoms with Crippen molar-refractivity contribution in [1.82, 2.24) is 0 Å². The summed E-state index contributed by atoms with van der Waals surface area (Å²) in [5.41, 5.74) is 3.16. The summed E-state index contributed by atoms with van der Waals surface area (Å²) < 4.78 is 0. The number of aromatic hydroxyl groups is 1. The standard InChI is InChI=1S/C16H22O2/c1-11-10-16(18)12(2)9-14(11)7-8-15(17)13-5-3-4-6-13/h9-10,13,18H,3-8H2,1-2H3. The van der Waals surface area contributed by atoms with Gasteiger partial charge in [-0.1, -0.05) is 18.9 Å². The van der Waals surface area contributed by atoms with Crippen molar-refractivity contribution in [3.63, 3.8) is 0 Å². The first kappa shape index (κ1) is 13.1. The Balaban J connectivity index is 1.97. The van der Waals surface area contributed by atoms with Gasteiger partial charge in [0.2, 0.25) is 0 Å². The van der Waals surface area contributed by atoms with Crippen molar-refractivity contribution in [1.29, 1.82) is 0 Å². The normalized spacial score (nSPS) is 16.1. The highest BCUT2D eigenvalue weighted by molar-refractivity contribution is 5.81. The van der Waals surface area contributed by atoms with Gasteiger partial charge in [0.1, 0.15) is 11.5 Å². The van der Waals surface area contributed by atoms with E-state index in [0.717, 1.165) is 30.4 Å². The predicted molar refractivity (Wildman–Crippen MR) is 72.9 cm³/mol. The Morgan fingerprint density at radius 3 is 2.56 bits per heavy atom. The van der Waals surface area contributed by atoms with Gasteiger partial charge in [0.05, 0.1) is 0 Å². The predicted octanol–water partition coefficient (Wildman–Crippen LogP) is 3.70. The van der Waals surface area contributed by atoms with Crippen molar-refractivity contribution in [3.8, 4) is 5.75 Å². The molecule has 2 rings (SSSR count). The van der Waals surface area contributed by atoms with Crippen molar-refractivity contribution >= 4 is 5.78 Å². The second-order valence-electron chi connectivity index (χ2n) is 5.51. The molecule has 0 bridgehead atoms. The fourth-order valence-corrected chi connectivity index (χ4v) is 2.84. The molecule has 1 aliphatic rings. The maximum atomic E-state index is 12.0. The first-order chi connectivity index (χ1) is 8.58. The molecule has 1 saturated carbocycles. The zero-order valence-corrected chi connectivity index (χ0v) is 11.3. The van der Waals surface area contributed by atoms with E-state index in [0.29, 0.717) is 23.9 Å². The molecule has 0 saturated heterocycles. The molecule has 1 aromatic rings. The van der Waals surface area contributed by atoms with Crippen LogP contribution in [0.4, 0.5) is 0 Å².